The molecule has 2 N–H and O–H groups in total. The van der Waals surface area contributed by atoms with Gasteiger partial charge in [0, 0.05) is 29.6 Å². The summed E-state index contributed by atoms with van der Waals surface area (Å²) in [7, 11) is -3.32. The quantitative estimate of drug-likeness (QED) is 0.392. The molecule has 1 fully saturated rings. The fourth-order valence-corrected chi connectivity index (χ4v) is 4.81. The van der Waals surface area contributed by atoms with Crippen molar-refractivity contribution in [2.75, 3.05) is 24.7 Å². The molecule has 0 bridgehead atoms. The summed E-state index contributed by atoms with van der Waals surface area (Å²) in [5.74, 6) is 0.982. The van der Waals surface area contributed by atoms with Crippen molar-refractivity contribution < 1.29 is 13.2 Å². The summed E-state index contributed by atoms with van der Waals surface area (Å²) in [5.41, 5.74) is 3.03. The third-order valence-electron chi connectivity index (χ3n) is 5.75. The lowest BCUT2D eigenvalue weighted by Crippen LogP contribution is -2.28. The van der Waals surface area contributed by atoms with E-state index in [1.165, 1.54) is 6.26 Å². The third-order valence-corrected chi connectivity index (χ3v) is 7.17. The SMILES string of the molecule is CS(=O)(=O)c1cccc(-c2ccc3cnc(Nc4ccc(Cl)c(OCC5CCCN5)c4)nn23)c1. The van der Waals surface area contributed by atoms with Gasteiger partial charge >= 0.3 is 0 Å². The Kier molecular flexibility index (Phi) is 6.16. The number of sulfone groups is 1. The van der Waals surface area contributed by atoms with Crippen LogP contribution in [-0.4, -0.2) is 48.5 Å². The molecule has 0 spiro atoms. The van der Waals surface area contributed by atoms with Gasteiger partial charge in [0.1, 0.15) is 12.4 Å². The minimum Gasteiger partial charge on any atom is -0.490 e. The van der Waals surface area contributed by atoms with E-state index < -0.39 is 9.84 Å². The van der Waals surface area contributed by atoms with E-state index in [0.29, 0.717) is 29.4 Å². The van der Waals surface area contributed by atoms with Crippen molar-refractivity contribution in [3.63, 3.8) is 0 Å². The van der Waals surface area contributed by atoms with Crippen LogP contribution in [0.5, 0.6) is 5.75 Å². The highest BCUT2D eigenvalue weighted by Crippen LogP contribution is 2.30. The van der Waals surface area contributed by atoms with Crippen molar-refractivity contribution in [2.24, 2.45) is 0 Å². The first-order chi connectivity index (χ1) is 16.4. The van der Waals surface area contributed by atoms with Crippen LogP contribution in [0.1, 0.15) is 12.8 Å². The molecular weight excluding hydrogens is 474 g/mol. The van der Waals surface area contributed by atoms with Crippen LogP contribution in [0.15, 0.2) is 65.7 Å². The standard InChI is InChI=1S/C24H24ClN5O3S/c1-34(31,32)20-6-2-4-16(12-20)22-10-8-19-14-27-24(29-30(19)22)28-17-7-9-21(25)23(13-17)33-15-18-5-3-11-26-18/h2,4,6-10,12-14,18,26H,3,5,11,15H2,1H3,(H,28,29). The molecule has 0 amide bonds. The number of benzene rings is 2. The van der Waals surface area contributed by atoms with Crippen LogP contribution in [-0.2, 0) is 9.84 Å². The Morgan fingerprint density at radius 3 is 2.88 bits per heavy atom. The van der Waals surface area contributed by atoms with E-state index in [1.54, 1.807) is 35.0 Å². The van der Waals surface area contributed by atoms with Gasteiger partial charge in [-0.1, -0.05) is 23.7 Å². The summed E-state index contributed by atoms with van der Waals surface area (Å²) >= 11 is 6.33. The molecule has 8 nitrogen and oxygen atoms in total. The summed E-state index contributed by atoms with van der Waals surface area (Å²) in [6.07, 6.45) is 5.15. The van der Waals surface area contributed by atoms with Crippen LogP contribution in [0.2, 0.25) is 5.02 Å². The zero-order chi connectivity index (χ0) is 23.7. The number of nitrogens with zero attached hydrogens (tertiary/aromatic N) is 3. The van der Waals surface area contributed by atoms with Crippen molar-refractivity contribution in [1.82, 2.24) is 19.9 Å². The summed E-state index contributed by atoms with van der Waals surface area (Å²) in [6, 6.07) is 16.4. The van der Waals surface area contributed by atoms with Gasteiger partial charge in [0.05, 0.1) is 27.3 Å². The molecule has 1 aliphatic heterocycles. The average molecular weight is 498 g/mol. The molecule has 0 aliphatic carbocycles. The van der Waals surface area contributed by atoms with Crippen molar-refractivity contribution in [2.45, 2.75) is 23.8 Å². The molecule has 1 atom stereocenters. The molecule has 1 aliphatic rings. The zero-order valence-electron chi connectivity index (χ0n) is 18.5. The number of aromatic nitrogens is 3. The predicted molar refractivity (Wildman–Crippen MR) is 133 cm³/mol. The second-order valence-electron chi connectivity index (χ2n) is 8.31. The van der Waals surface area contributed by atoms with Gasteiger partial charge in [-0.25, -0.2) is 17.9 Å². The second kappa shape index (κ2) is 9.25. The summed E-state index contributed by atoms with van der Waals surface area (Å²) in [4.78, 5) is 4.66. The number of rotatable bonds is 7. The van der Waals surface area contributed by atoms with Gasteiger partial charge in [-0.2, -0.15) is 0 Å². The summed E-state index contributed by atoms with van der Waals surface area (Å²) in [6.45, 7) is 1.58. The number of halogens is 1. The Morgan fingerprint density at radius 1 is 1.21 bits per heavy atom. The smallest absolute Gasteiger partial charge is 0.245 e. The van der Waals surface area contributed by atoms with Crippen molar-refractivity contribution in [3.05, 3.63) is 65.8 Å². The first kappa shape index (κ1) is 22.6. The maximum Gasteiger partial charge on any atom is 0.245 e. The topological polar surface area (TPSA) is 97.6 Å². The lowest BCUT2D eigenvalue weighted by atomic mass is 10.2. The Balaban J connectivity index is 1.41. The van der Waals surface area contributed by atoms with Gasteiger partial charge in [0.15, 0.2) is 9.84 Å². The molecule has 1 unspecified atom stereocenters. The zero-order valence-corrected chi connectivity index (χ0v) is 20.1. The lowest BCUT2D eigenvalue weighted by molar-refractivity contribution is 0.277. The van der Waals surface area contributed by atoms with Gasteiger partial charge in [-0.05, 0) is 55.8 Å². The van der Waals surface area contributed by atoms with Crippen molar-refractivity contribution in [3.8, 4) is 17.0 Å². The molecular formula is C24H24ClN5O3S. The Labute approximate surface area is 202 Å². The van der Waals surface area contributed by atoms with E-state index >= 15 is 0 Å². The molecule has 10 heteroatoms. The lowest BCUT2D eigenvalue weighted by Gasteiger charge is -2.14. The van der Waals surface area contributed by atoms with E-state index in [2.05, 4.69) is 20.7 Å². The van der Waals surface area contributed by atoms with E-state index in [-0.39, 0.29) is 4.90 Å². The number of ether oxygens (including phenoxy) is 1. The number of nitrogens with one attached hydrogen (secondary N) is 2. The molecule has 4 aromatic rings. The molecule has 1 saturated heterocycles. The monoisotopic (exact) mass is 497 g/mol. The van der Waals surface area contributed by atoms with E-state index in [4.69, 9.17) is 16.3 Å². The third kappa shape index (κ3) is 4.86. The van der Waals surface area contributed by atoms with E-state index in [1.807, 2.05) is 30.3 Å². The minimum atomic E-state index is -3.32. The molecule has 5 rings (SSSR count). The average Bonchev–Trinajstić information content (AvgIpc) is 3.49. The molecule has 2 aromatic heterocycles. The number of anilines is 2. The summed E-state index contributed by atoms with van der Waals surface area (Å²) < 4.78 is 31.6. The molecule has 0 saturated carbocycles. The maximum absolute atomic E-state index is 12.0. The van der Waals surface area contributed by atoms with Gasteiger partial charge in [0.25, 0.3) is 0 Å². The maximum atomic E-state index is 12.0. The molecule has 0 radical (unpaired) electrons. The second-order valence-corrected chi connectivity index (χ2v) is 10.7. The van der Waals surface area contributed by atoms with Crippen LogP contribution < -0.4 is 15.4 Å². The van der Waals surface area contributed by atoms with Crippen LogP contribution in [0.4, 0.5) is 11.6 Å². The van der Waals surface area contributed by atoms with Crippen LogP contribution >= 0.6 is 11.6 Å². The van der Waals surface area contributed by atoms with E-state index in [0.717, 1.165) is 41.8 Å². The fourth-order valence-electron chi connectivity index (χ4n) is 3.97. The Morgan fingerprint density at radius 2 is 2.09 bits per heavy atom. The number of fused-ring (bicyclic) bond motifs is 1. The predicted octanol–water partition coefficient (Wildman–Crippen LogP) is 4.33. The molecule has 34 heavy (non-hydrogen) atoms. The highest BCUT2D eigenvalue weighted by molar-refractivity contribution is 7.90. The fraction of sp³-hybridized carbons (Fsp3) is 0.250. The molecule has 176 valence electrons. The summed E-state index contributed by atoms with van der Waals surface area (Å²) in [5, 5.41) is 11.8. The van der Waals surface area contributed by atoms with E-state index in [9.17, 15) is 8.42 Å². The van der Waals surface area contributed by atoms with Crippen molar-refractivity contribution >= 4 is 38.6 Å². The first-order valence-corrected chi connectivity index (χ1v) is 13.2. The Hall–Kier alpha value is -3.14. The Bertz CT molecular complexity index is 1450. The minimum absolute atomic E-state index is 0.258. The van der Waals surface area contributed by atoms with Gasteiger partial charge in [-0.3, -0.25) is 0 Å². The van der Waals surface area contributed by atoms with Gasteiger partial charge in [-0.15, -0.1) is 5.10 Å². The van der Waals surface area contributed by atoms with Gasteiger partial charge in [0.2, 0.25) is 5.95 Å². The molecule has 2 aromatic carbocycles. The highest BCUT2D eigenvalue weighted by atomic mass is 35.5. The highest BCUT2D eigenvalue weighted by Gasteiger charge is 2.16. The largest absolute Gasteiger partial charge is 0.490 e. The van der Waals surface area contributed by atoms with Crippen LogP contribution in [0.3, 0.4) is 0 Å². The first-order valence-electron chi connectivity index (χ1n) is 10.9. The van der Waals surface area contributed by atoms with Gasteiger partial charge < -0.3 is 15.4 Å². The number of hydrogen-bond acceptors (Lipinski definition) is 7. The normalized spacial score (nSPS) is 16.1. The number of hydrogen-bond donors (Lipinski definition) is 2. The van der Waals surface area contributed by atoms with Crippen LogP contribution in [0.25, 0.3) is 16.8 Å². The van der Waals surface area contributed by atoms with Crippen molar-refractivity contribution in [1.29, 1.82) is 0 Å². The van der Waals surface area contributed by atoms with Crippen LogP contribution in [0, 0.1) is 0 Å². The molecule has 3 heterocycles.